The highest BCUT2D eigenvalue weighted by Gasteiger charge is 2.38. The van der Waals surface area contributed by atoms with Crippen molar-refractivity contribution in [2.45, 2.75) is 44.3 Å². The average molecular weight is 568 g/mol. The summed E-state index contributed by atoms with van der Waals surface area (Å²) in [6.45, 7) is 1.76. The Kier molecular flexibility index (Phi) is 8.07. The monoisotopic (exact) mass is 567 g/mol. The van der Waals surface area contributed by atoms with Crippen molar-refractivity contribution in [1.82, 2.24) is 14.8 Å². The Morgan fingerprint density at radius 1 is 1.00 bits per heavy atom. The van der Waals surface area contributed by atoms with E-state index >= 15 is 0 Å². The van der Waals surface area contributed by atoms with E-state index in [9.17, 15) is 22.8 Å². The van der Waals surface area contributed by atoms with E-state index in [4.69, 9.17) is 0 Å². The molecule has 2 aliphatic heterocycles. The molecule has 0 bridgehead atoms. The van der Waals surface area contributed by atoms with Gasteiger partial charge in [0.2, 0.25) is 0 Å². The summed E-state index contributed by atoms with van der Waals surface area (Å²) < 4.78 is 42.5. The fourth-order valence-electron chi connectivity index (χ4n) is 4.78. The van der Waals surface area contributed by atoms with Gasteiger partial charge in [0.1, 0.15) is 0 Å². The number of anilines is 2. The van der Waals surface area contributed by atoms with Crippen molar-refractivity contribution < 1.29 is 22.8 Å². The minimum atomic E-state index is -4.66. The summed E-state index contributed by atoms with van der Waals surface area (Å²) in [6.07, 6.45) is 2.28. The number of rotatable bonds is 5. The summed E-state index contributed by atoms with van der Waals surface area (Å²) in [7, 11) is 1.73. The van der Waals surface area contributed by atoms with Crippen LogP contribution in [-0.2, 0) is 6.18 Å². The molecule has 0 unspecified atom stereocenters. The highest BCUT2D eigenvalue weighted by molar-refractivity contribution is 9.10. The first kappa shape index (κ1) is 26.2. The predicted molar refractivity (Wildman–Crippen MR) is 135 cm³/mol. The zero-order valence-corrected chi connectivity index (χ0v) is 21.6. The molecule has 1 aromatic carbocycles. The highest BCUT2D eigenvalue weighted by atomic mass is 79.9. The van der Waals surface area contributed by atoms with Crippen LogP contribution in [0.25, 0.3) is 0 Å². The number of nitrogens with one attached hydrogen (secondary N) is 2. The maximum absolute atomic E-state index is 14.1. The molecule has 2 aromatic rings. The van der Waals surface area contributed by atoms with Gasteiger partial charge in [-0.2, -0.15) is 13.2 Å². The van der Waals surface area contributed by atoms with Crippen LogP contribution in [0.3, 0.4) is 0 Å². The zero-order chi connectivity index (χ0) is 25.9. The number of aromatic nitrogens is 1. The quantitative estimate of drug-likeness (QED) is 0.516. The first-order chi connectivity index (χ1) is 17.2. The third kappa shape index (κ3) is 5.93. The SMILES string of the molecule is CNc1cncc(C(=O)N2CCC[C@@H](Nc3c(C(=O)N4CCCCC4)cc(Br)cc3C(F)(F)F)C2)c1. The van der Waals surface area contributed by atoms with Crippen LogP contribution in [0.5, 0.6) is 0 Å². The number of amides is 2. The molecule has 2 amide bonds. The second-order valence-electron chi connectivity index (χ2n) is 9.17. The fourth-order valence-corrected chi connectivity index (χ4v) is 5.24. The Morgan fingerprint density at radius 3 is 2.42 bits per heavy atom. The van der Waals surface area contributed by atoms with Gasteiger partial charge in [-0.25, -0.2) is 0 Å². The van der Waals surface area contributed by atoms with Crippen molar-refractivity contribution >= 4 is 39.1 Å². The van der Waals surface area contributed by atoms with E-state index in [1.54, 1.807) is 29.1 Å². The van der Waals surface area contributed by atoms with Crippen molar-refractivity contribution in [3.63, 3.8) is 0 Å². The van der Waals surface area contributed by atoms with Gasteiger partial charge in [0, 0.05) is 56.1 Å². The molecule has 1 aromatic heterocycles. The van der Waals surface area contributed by atoms with Crippen molar-refractivity contribution in [2.24, 2.45) is 0 Å². The largest absolute Gasteiger partial charge is 0.418 e. The van der Waals surface area contributed by atoms with Crippen LogP contribution in [0, 0.1) is 0 Å². The first-order valence-electron chi connectivity index (χ1n) is 12.1. The lowest BCUT2D eigenvalue weighted by atomic mass is 10.00. The summed E-state index contributed by atoms with van der Waals surface area (Å²) in [4.78, 5) is 33.8. The van der Waals surface area contributed by atoms with Gasteiger partial charge < -0.3 is 20.4 Å². The van der Waals surface area contributed by atoms with Gasteiger partial charge in [0.05, 0.1) is 28.1 Å². The lowest BCUT2D eigenvalue weighted by Crippen LogP contribution is -2.45. The molecule has 0 aliphatic carbocycles. The van der Waals surface area contributed by atoms with E-state index in [2.05, 4.69) is 31.5 Å². The molecule has 3 heterocycles. The Bertz CT molecular complexity index is 1120. The molecule has 2 fully saturated rings. The van der Waals surface area contributed by atoms with Crippen LogP contribution < -0.4 is 10.6 Å². The van der Waals surface area contributed by atoms with Gasteiger partial charge in [-0.3, -0.25) is 14.6 Å². The van der Waals surface area contributed by atoms with Crippen LogP contribution in [-0.4, -0.2) is 65.9 Å². The zero-order valence-electron chi connectivity index (χ0n) is 20.0. The van der Waals surface area contributed by atoms with Gasteiger partial charge in [-0.05, 0) is 50.3 Å². The number of piperidine rings is 2. The van der Waals surface area contributed by atoms with E-state index in [0.29, 0.717) is 43.7 Å². The van der Waals surface area contributed by atoms with Crippen LogP contribution in [0.1, 0.15) is 58.4 Å². The van der Waals surface area contributed by atoms with Crippen LogP contribution in [0.2, 0.25) is 0 Å². The molecule has 2 aliphatic rings. The van der Waals surface area contributed by atoms with Crippen LogP contribution >= 0.6 is 15.9 Å². The average Bonchev–Trinajstić information content (AvgIpc) is 2.88. The lowest BCUT2D eigenvalue weighted by Gasteiger charge is -2.35. The van der Waals surface area contributed by atoms with Crippen LogP contribution in [0.4, 0.5) is 24.5 Å². The molecule has 0 saturated carbocycles. The Balaban J connectivity index is 1.61. The van der Waals surface area contributed by atoms with E-state index in [1.165, 1.54) is 12.3 Å². The molecule has 7 nitrogen and oxygen atoms in total. The number of halogens is 4. The Morgan fingerprint density at radius 2 is 1.72 bits per heavy atom. The second kappa shape index (κ2) is 11.1. The number of benzene rings is 1. The number of alkyl halides is 3. The molecule has 0 radical (unpaired) electrons. The van der Waals surface area contributed by atoms with Crippen LogP contribution in [0.15, 0.2) is 35.1 Å². The number of pyridine rings is 1. The fraction of sp³-hybridized carbons (Fsp3) is 0.480. The maximum Gasteiger partial charge on any atom is 0.418 e. The third-order valence-electron chi connectivity index (χ3n) is 6.61. The van der Waals surface area contributed by atoms with Gasteiger partial charge in [0.15, 0.2) is 0 Å². The molecule has 4 rings (SSSR count). The highest BCUT2D eigenvalue weighted by Crippen LogP contribution is 2.40. The van der Waals surface area contributed by atoms with Crippen molar-refractivity contribution in [2.75, 3.05) is 43.9 Å². The Labute approximate surface area is 216 Å². The summed E-state index contributed by atoms with van der Waals surface area (Å²) in [6, 6.07) is 3.70. The maximum atomic E-state index is 14.1. The first-order valence-corrected chi connectivity index (χ1v) is 12.9. The molecular formula is C25H29BrF3N5O2. The van der Waals surface area contributed by atoms with Crippen molar-refractivity contribution in [1.29, 1.82) is 0 Å². The molecule has 11 heteroatoms. The minimum absolute atomic E-state index is 0.00651. The van der Waals surface area contributed by atoms with E-state index in [-0.39, 0.29) is 28.2 Å². The van der Waals surface area contributed by atoms with E-state index in [0.717, 1.165) is 25.3 Å². The molecular weight excluding hydrogens is 539 g/mol. The second-order valence-corrected chi connectivity index (χ2v) is 10.1. The molecule has 194 valence electrons. The predicted octanol–water partition coefficient (Wildman–Crippen LogP) is 5.25. The molecule has 2 saturated heterocycles. The summed E-state index contributed by atoms with van der Waals surface area (Å²) >= 11 is 3.16. The van der Waals surface area contributed by atoms with Gasteiger partial charge in [-0.1, -0.05) is 15.9 Å². The number of carbonyl (C=O) groups excluding carboxylic acids is 2. The number of hydrogen-bond donors (Lipinski definition) is 2. The van der Waals surface area contributed by atoms with Crippen molar-refractivity contribution in [3.05, 3.63) is 51.8 Å². The van der Waals surface area contributed by atoms with Crippen molar-refractivity contribution in [3.8, 4) is 0 Å². The third-order valence-corrected chi connectivity index (χ3v) is 7.07. The van der Waals surface area contributed by atoms with E-state index < -0.39 is 23.7 Å². The molecule has 2 N–H and O–H groups in total. The van der Waals surface area contributed by atoms with Gasteiger partial charge in [-0.15, -0.1) is 0 Å². The van der Waals surface area contributed by atoms with Gasteiger partial charge in [0.25, 0.3) is 11.8 Å². The summed E-state index contributed by atoms with van der Waals surface area (Å²) in [5.74, 6) is -0.648. The van der Waals surface area contributed by atoms with Gasteiger partial charge >= 0.3 is 6.18 Å². The molecule has 36 heavy (non-hydrogen) atoms. The van der Waals surface area contributed by atoms with E-state index in [1.807, 2.05) is 0 Å². The molecule has 1 atom stereocenters. The lowest BCUT2D eigenvalue weighted by molar-refractivity contribution is -0.137. The number of nitrogens with zero attached hydrogens (tertiary/aromatic N) is 3. The normalized spacial score (nSPS) is 18.6. The smallest absolute Gasteiger partial charge is 0.387 e. The minimum Gasteiger partial charge on any atom is -0.387 e. The molecule has 0 spiro atoms. The number of carbonyl (C=O) groups is 2. The standard InChI is InChI=1S/C25H29BrF3N5O2/c1-30-19-10-16(13-31-14-19)23(35)34-9-5-6-18(15-34)32-22-20(24(36)33-7-3-2-4-8-33)11-17(26)12-21(22)25(27,28)29/h10-14,18,30,32H,2-9,15H2,1H3/t18-/m1/s1. The topological polar surface area (TPSA) is 77.6 Å². The number of hydrogen-bond acceptors (Lipinski definition) is 5. The number of likely N-dealkylation sites (tertiary alicyclic amines) is 2. The summed E-state index contributed by atoms with van der Waals surface area (Å²) in [5.41, 5.74) is -0.0276. The summed E-state index contributed by atoms with van der Waals surface area (Å²) in [5, 5.41) is 5.96. The Hall–Kier alpha value is -2.82.